The number of fused-ring (bicyclic) bond motifs is 28. The van der Waals surface area contributed by atoms with E-state index in [1.807, 2.05) is 72.8 Å². The highest BCUT2D eigenvalue weighted by molar-refractivity contribution is 7.85. The van der Waals surface area contributed by atoms with Gasteiger partial charge >= 0.3 is 0 Å². The highest BCUT2D eigenvalue weighted by Crippen LogP contribution is 2.69. The zero-order valence-electron chi connectivity index (χ0n) is 63.9. The van der Waals surface area contributed by atoms with Gasteiger partial charge in [-0.2, -0.15) is 0 Å². The van der Waals surface area contributed by atoms with Crippen LogP contribution in [-0.2, 0) is 20.8 Å². The normalized spacial score (nSPS) is 15.8. The fraction of sp³-hybridized carbons (Fsp3) is 0.0273. The monoisotopic (exact) mass is 1560 g/mol. The number of nitrogens with zero attached hydrogens (tertiary/aromatic N) is 3. The molecule has 0 saturated carbocycles. The van der Waals surface area contributed by atoms with Crippen molar-refractivity contribution in [3.63, 3.8) is 0 Å². The summed E-state index contributed by atoms with van der Waals surface area (Å²) in [5.74, 6) is 4.54. The number of ether oxygens (including phenoxy) is 3. The van der Waals surface area contributed by atoms with E-state index in [9.17, 15) is 0 Å². The predicted molar refractivity (Wildman–Crippen MR) is 479 cm³/mol. The van der Waals surface area contributed by atoms with Gasteiger partial charge in [0.1, 0.15) is 39.5 Å². The summed E-state index contributed by atoms with van der Waals surface area (Å²) in [7, 11) is -3.51. The van der Waals surface area contributed by atoms with Gasteiger partial charge in [-0.1, -0.05) is 357 Å². The van der Waals surface area contributed by atoms with Crippen LogP contribution < -0.4 is 30.1 Å². The molecule has 7 nitrogen and oxygen atoms in total. The van der Waals surface area contributed by atoms with E-state index in [-0.39, 0.29) is 0 Å². The number of pyridine rings is 1. The molecule has 3 spiro atoms. The molecule has 0 saturated heterocycles. The minimum Gasteiger partial charge on any atom is -0.456 e. The molecule has 0 radical (unpaired) electrons. The number of aromatic nitrogens is 3. The molecule has 9 heteroatoms. The van der Waals surface area contributed by atoms with E-state index in [0.29, 0.717) is 11.1 Å². The summed E-state index contributed by atoms with van der Waals surface area (Å²) in [4.78, 5) is 5.79. The maximum atomic E-state index is 16.5. The van der Waals surface area contributed by atoms with Crippen LogP contribution in [0.15, 0.2) is 400 Å². The molecule has 25 rings (SSSR count). The van der Waals surface area contributed by atoms with Crippen molar-refractivity contribution in [2.75, 3.05) is 0 Å². The van der Waals surface area contributed by atoms with Crippen molar-refractivity contribution in [1.82, 2.24) is 15.2 Å². The molecule has 2 unspecified atom stereocenters. The molecule has 0 bridgehead atoms. The first-order valence-corrected chi connectivity index (χ1v) is 43.0. The molecule has 2 aromatic heterocycles. The number of rotatable bonds is 9. The molecular formula is C110H66N3O4PS. The minimum atomic E-state index is -3.51. The lowest BCUT2D eigenvalue weighted by Crippen LogP contribution is -2.35. The smallest absolute Gasteiger partial charge is 0.174 e. The van der Waals surface area contributed by atoms with Gasteiger partial charge in [-0.05, 0) is 144 Å². The summed E-state index contributed by atoms with van der Waals surface area (Å²) in [6.07, 6.45) is 0. The van der Waals surface area contributed by atoms with Crippen molar-refractivity contribution in [3.8, 4) is 134 Å². The second-order valence-electron chi connectivity index (χ2n) is 31.6. The zero-order chi connectivity index (χ0) is 78.3. The number of hydrogen-bond acceptors (Lipinski definition) is 8. The molecular weight excluding hydrogens is 1490 g/mol. The van der Waals surface area contributed by atoms with Crippen molar-refractivity contribution in [2.24, 2.45) is 0 Å². The highest BCUT2D eigenvalue weighted by atomic mass is 32.1. The predicted octanol–water partition coefficient (Wildman–Crippen LogP) is 26.1. The Morgan fingerprint density at radius 2 is 0.655 bits per heavy atom. The quantitative estimate of drug-likeness (QED) is 0.133. The molecule has 0 N–H and O–H groups in total. The summed E-state index contributed by atoms with van der Waals surface area (Å²) in [5, 5.41) is 14.9. The first kappa shape index (κ1) is 67.6. The zero-order valence-corrected chi connectivity index (χ0v) is 65.6. The van der Waals surface area contributed by atoms with Gasteiger partial charge in [0.15, 0.2) is 12.1 Å². The van der Waals surface area contributed by atoms with Gasteiger partial charge in [-0.3, -0.25) is 0 Å². The summed E-state index contributed by atoms with van der Waals surface area (Å²) in [5.41, 5.74) is 29.0. The summed E-state index contributed by atoms with van der Waals surface area (Å²) in [6.45, 7) is 0. The fourth-order valence-corrected chi connectivity index (χ4v) is 24.9. The van der Waals surface area contributed by atoms with Gasteiger partial charge in [0.25, 0.3) is 0 Å². The number of benzene rings is 17. The molecule has 17 aromatic carbocycles. The van der Waals surface area contributed by atoms with Gasteiger partial charge in [-0.25, -0.2) is 4.98 Å². The molecule has 2 atom stereocenters. The van der Waals surface area contributed by atoms with Crippen LogP contribution in [0.5, 0.6) is 34.5 Å². The second-order valence-corrected chi connectivity index (χ2v) is 35.3. The molecule has 3 aliphatic carbocycles. The van der Waals surface area contributed by atoms with E-state index in [4.69, 9.17) is 29.4 Å². The second kappa shape index (κ2) is 25.7. The van der Waals surface area contributed by atoms with Crippen LogP contribution in [0.1, 0.15) is 66.8 Å². The SMILES string of the molecule is O=P(c1ccccc1)(c1ccccc1)c1cccc2c1Oc1ccccc1C21c2ccccc2-c2cc(-c3cccc(-c4nnc(-c5cccc6c5Oc5ccccc5C65c6ccccc6-c6c(-c7ccc(-c8cccc9c8Oc8ccccc8C98c9ccccc9-c9ccccc98)c8nc(-c9ccccc9)ccc78)cccc65)s4)c3)ccc21. The van der Waals surface area contributed by atoms with Crippen molar-refractivity contribution >= 4 is 45.3 Å². The Bertz CT molecular complexity index is 7520. The van der Waals surface area contributed by atoms with Gasteiger partial charge in [0.2, 0.25) is 0 Å². The van der Waals surface area contributed by atoms with Crippen LogP contribution in [-0.4, -0.2) is 15.2 Å². The number of para-hydroxylation sites is 6. The Labute approximate surface area is 691 Å². The highest BCUT2D eigenvalue weighted by Gasteiger charge is 2.56. The third-order valence-corrected chi connectivity index (χ3v) is 30.1. The average molecular weight is 1560 g/mol. The molecule has 3 aliphatic heterocycles. The Hall–Kier alpha value is -14.7. The van der Waals surface area contributed by atoms with Gasteiger partial charge in [-0.15, -0.1) is 10.2 Å². The standard InChI is InChI=1S/C110H66N3O4PS/c114-118(71-33-6-2-7-34-71,72-35-8-3-9-36-72)100-58-28-54-95-105(100)117-99-57-23-19-49-90(99)109(95)86-46-16-12-39-76(86)83-66-69(59-63-88(83)109)68-31-24-32-70(65-68)106-112-113-107(119-106)82-43-27-53-94-104(82)116-98-56-22-20-50-91(98)110(94)87-47-17-13-40-81(87)101-77(41-25-51-92(101)110)73-60-61-79(102-78(73)62-64-96(111-102)67-29-4-1-5-30-67)80-42-26-52-93-103(80)115-97-55-21-18-48-89(97)108(93)84-44-14-10-37-74(84)75-38-11-15-45-85(75)108/h1-66H. The topological polar surface area (TPSA) is 83.4 Å². The van der Waals surface area contributed by atoms with E-state index < -0.39 is 23.4 Å². The lowest BCUT2D eigenvalue weighted by molar-refractivity contribution is 0.438. The molecule has 0 fully saturated rings. The summed E-state index contributed by atoms with van der Waals surface area (Å²) in [6, 6.07) is 143. The van der Waals surface area contributed by atoms with Crippen LogP contribution in [0, 0.1) is 0 Å². The largest absolute Gasteiger partial charge is 0.456 e. The number of hydrogen-bond donors (Lipinski definition) is 0. The third-order valence-electron chi connectivity index (χ3n) is 26.0. The van der Waals surface area contributed by atoms with Crippen molar-refractivity contribution in [3.05, 3.63) is 467 Å². The molecule has 19 aromatic rings. The van der Waals surface area contributed by atoms with E-state index in [1.165, 1.54) is 27.8 Å². The van der Waals surface area contributed by atoms with E-state index in [1.54, 1.807) is 11.3 Å². The van der Waals surface area contributed by atoms with Gasteiger partial charge < -0.3 is 18.8 Å². The van der Waals surface area contributed by atoms with E-state index in [0.717, 1.165) is 188 Å². The van der Waals surface area contributed by atoms with Crippen LogP contribution in [0.25, 0.3) is 110 Å². The third kappa shape index (κ3) is 9.27. The average Bonchev–Trinajstić information content (AvgIpc) is 1.55. The van der Waals surface area contributed by atoms with E-state index >= 15 is 4.57 Å². The Balaban J connectivity index is 0.607. The van der Waals surface area contributed by atoms with Crippen LogP contribution >= 0.6 is 18.5 Å². The van der Waals surface area contributed by atoms with Gasteiger partial charge in [0.05, 0.1) is 38.3 Å². The lowest BCUT2D eigenvalue weighted by Gasteiger charge is -2.40. The Kier molecular flexibility index (Phi) is 14.6. The fourth-order valence-electron chi connectivity index (χ4n) is 21.2. The Morgan fingerprint density at radius 1 is 0.252 bits per heavy atom. The molecule has 5 heterocycles. The maximum absolute atomic E-state index is 16.5. The summed E-state index contributed by atoms with van der Waals surface area (Å²) >= 11 is 1.57. The van der Waals surface area contributed by atoms with E-state index in [2.05, 4.69) is 328 Å². The van der Waals surface area contributed by atoms with Gasteiger partial charge in [0, 0.05) is 71.6 Å². The maximum Gasteiger partial charge on any atom is 0.174 e. The van der Waals surface area contributed by atoms with Crippen LogP contribution in [0.2, 0.25) is 0 Å². The molecule has 556 valence electrons. The first-order chi connectivity index (χ1) is 58.9. The van der Waals surface area contributed by atoms with Crippen LogP contribution in [0.3, 0.4) is 0 Å². The first-order valence-electron chi connectivity index (χ1n) is 40.5. The van der Waals surface area contributed by atoms with Crippen LogP contribution in [0.4, 0.5) is 0 Å². The molecule has 119 heavy (non-hydrogen) atoms. The lowest BCUT2D eigenvalue weighted by atomic mass is 9.65. The minimum absolute atomic E-state index is 0.624. The Morgan fingerprint density at radius 3 is 1.27 bits per heavy atom. The van der Waals surface area contributed by atoms with Crippen molar-refractivity contribution in [2.45, 2.75) is 16.2 Å². The summed E-state index contributed by atoms with van der Waals surface area (Å²) < 4.78 is 38.4. The van der Waals surface area contributed by atoms with Crippen molar-refractivity contribution in [1.29, 1.82) is 0 Å². The molecule has 0 amide bonds. The van der Waals surface area contributed by atoms with Crippen molar-refractivity contribution < 1.29 is 18.8 Å². The molecule has 6 aliphatic rings.